The second kappa shape index (κ2) is 10.9. The van der Waals surface area contributed by atoms with Gasteiger partial charge in [0.2, 0.25) is 0 Å². The number of aryl methyl sites for hydroxylation is 2. The third-order valence-electron chi connectivity index (χ3n) is 5.60. The monoisotopic (exact) mass is 569 g/mol. The normalized spacial score (nSPS) is 11.6. The lowest BCUT2D eigenvalue weighted by Crippen LogP contribution is -2.16. The number of carbonyl (C=O) groups excluding carboxylic acids is 1. The Morgan fingerprint density at radius 3 is 1.82 bits per heavy atom. The van der Waals surface area contributed by atoms with Gasteiger partial charge in [0.05, 0.1) is 26.2 Å². The molecule has 0 aliphatic heterocycles. The Morgan fingerprint density at radius 2 is 1.24 bits per heavy atom. The summed E-state index contributed by atoms with van der Waals surface area (Å²) in [6, 6.07) is 23.2. The lowest BCUT2D eigenvalue weighted by Gasteiger charge is -2.13. The van der Waals surface area contributed by atoms with Gasteiger partial charge in [-0.25, -0.2) is 16.8 Å². The van der Waals surface area contributed by atoms with Crippen LogP contribution in [0.2, 0.25) is 5.02 Å². The van der Waals surface area contributed by atoms with E-state index < -0.39 is 26.0 Å². The Kier molecular flexibility index (Phi) is 7.77. The van der Waals surface area contributed by atoms with Gasteiger partial charge in [-0.05, 0) is 86.1 Å². The van der Waals surface area contributed by atoms with Crippen molar-refractivity contribution in [3.05, 3.63) is 113 Å². The van der Waals surface area contributed by atoms with Crippen molar-refractivity contribution >= 4 is 54.6 Å². The number of carbonyl (C=O) groups is 1. The van der Waals surface area contributed by atoms with E-state index in [4.69, 9.17) is 11.6 Å². The van der Waals surface area contributed by atoms with Crippen LogP contribution < -0.4 is 14.8 Å². The van der Waals surface area contributed by atoms with E-state index in [-0.39, 0.29) is 20.5 Å². The minimum absolute atomic E-state index is 0.00326. The number of halogens is 1. The first kappa shape index (κ1) is 27.2. The molecule has 196 valence electrons. The number of benzene rings is 4. The number of hydrogen-bond acceptors (Lipinski definition) is 5. The second-order valence-electron chi connectivity index (χ2n) is 8.51. The number of hydrogen-bond donors (Lipinski definition) is 3. The molecular weight excluding hydrogens is 546 g/mol. The third-order valence-corrected chi connectivity index (χ3v) is 8.70. The Morgan fingerprint density at radius 1 is 0.684 bits per heavy atom. The predicted molar refractivity (Wildman–Crippen MR) is 150 cm³/mol. The van der Waals surface area contributed by atoms with Gasteiger partial charge in [-0.1, -0.05) is 41.4 Å². The zero-order valence-electron chi connectivity index (χ0n) is 20.4. The highest BCUT2D eigenvalue weighted by Crippen LogP contribution is 2.25. The maximum atomic E-state index is 12.8. The molecule has 0 heterocycles. The Labute approximate surface area is 226 Å². The van der Waals surface area contributed by atoms with E-state index in [1.54, 1.807) is 49.4 Å². The van der Waals surface area contributed by atoms with Gasteiger partial charge < -0.3 is 5.32 Å². The summed E-state index contributed by atoms with van der Waals surface area (Å²) in [6.45, 7) is 3.56. The zero-order valence-corrected chi connectivity index (χ0v) is 22.8. The van der Waals surface area contributed by atoms with Crippen LogP contribution in [-0.4, -0.2) is 22.7 Å². The summed E-state index contributed by atoms with van der Waals surface area (Å²) in [5.41, 5.74) is 2.79. The summed E-state index contributed by atoms with van der Waals surface area (Å²) in [5.74, 6) is -0.439. The van der Waals surface area contributed by atoms with E-state index in [1.807, 2.05) is 6.92 Å². The van der Waals surface area contributed by atoms with Crippen LogP contribution in [0.4, 0.5) is 17.1 Å². The van der Waals surface area contributed by atoms with Gasteiger partial charge in [-0.2, -0.15) is 0 Å². The maximum Gasteiger partial charge on any atom is 0.261 e. The van der Waals surface area contributed by atoms with Crippen molar-refractivity contribution in [2.45, 2.75) is 23.6 Å². The quantitative estimate of drug-likeness (QED) is 0.247. The van der Waals surface area contributed by atoms with Crippen molar-refractivity contribution in [1.29, 1.82) is 0 Å². The van der Waals surface area contributed by atoms with Crippen LogP contribution in [0, 0.1) is 13.8 Å². The molecule has 0 aliphatic carbocycles. The van der Waals surface area contributed by atoms with E-state index in [0.29, 0.717) is 22.5 Å². The number of para-hydroxylation sites is 1. The number of nitrogens with one attached hydrogen (secondary N) is 3. The van der Waals surface area contributed by atoms with Gasteiger partial charge in [-0.3, -0.25) is 14.2 Å². The van der Waals surface area contributed by atoms with Gasteiger partial charge >= 0.3 is 0 Å². The van der Waals surface area contributed by atoms with E-state index in [0.717, 1.165) is 5.56 Å². The standard InChI is InChI=1S/C27H24ClN3O5S2/c1-18-7-12-22(13-8-18)37(33,34)30-25-16-9-20(17-19(25)2)27(32)29-21-10-14-23(15-11-21)38(35,36)31-26-6-4-3-5-24(26)28/h3-17,30-31H,1-2H3,(H,29,32). The molecule has 4 aromatic carbocycles. The molecular formula is C27H24ClN3O5S2. The molecule has 0 radical (unpaired) electrons. The first-order valence-electron chi connectivity index (χ1n) is 11.3. The number of anilines is 3. The molecule has 0 bridgehead atoms. The molecule has 0 fully saturated rings. The van der Waals surface area contributed by atoms with Crippen LogP contribution in [0.5, 0.6) is 0 Å². The highest BCUT2D eigenvalue weighted by atomic mass is 35.5. The van der Waals surface area contributed by atoms with Gasteiger partial charge in [0.15, 0.2) is 0 Å². The molecule has 0 saturated heterocycles. The van der Waals surface area contributed by atoms with Crippen LogP contribution >= 0.6 is 11.6 Å². The van der Waals surface area contributed by atoms with E-state index in [2.05, 4.69) is 14.8 Å². The Balaban J connectivity index is 1.44. The van der Waals surface area contributed by atoms with Gasteiger partial charge in [0.1, 0.15) is 0 Å². The number of sulfonamides is 2. The first-order valence-corrected chi connectivity index (χ1v) is 14.7. The average Bonchev–Trinajstić information content (AvgIpc) is 2.87. The molecule has 0 unspecified atom stereocenters. The van der Waals surface area contributed by atoms with E-state index in [1.165, 1.54) is 48.5 Å². The van der Waals surface area contributed by atoms with Crippen LogP contribution in [0.15, 0.2) is 101 Å². The molecule has 0 saturated carbocycles. The first-order chi connectivity index (χ1) is 17.9. The minimum atomic E-state index is -3.88. The number of amides is 1. The van der Waals surface area contributed by atoms with Crippen LogP contribution in [0.25, 0.3) is 0 Å². The summed E-state index contributed by atoms with van der Waals surface area (Å²) >= 11 is 6.04. The van der Waals surface area contributed by atoms with Crippen LogP contribution in [-0.2, 0) is 20.0 Å². The fraction of sp³-hybridized carbons (Fsp3) is 0.0741. The highest BCUT2D eigenvalue weighted by molar-refractivity contribution is 7.93. The summed E-state index contributed by atoms with van der Waals surface area (Å²) in [4.78, 5) is 12.9. The van der Waals surface area contributed by atoms with Crippen molar-refractivity contribution in [2.75, 3.05) is 14.8 Å². The SMILES string of the molecule is Cc1ccc(S(=O)(=O)Nc2ccc(C(=O)Nc3ccc(S(=O)(=O)Nc4ccccc4Cl)cc3)cc2C)cc1. The van der Waals surface area contributed by atoms with E-state index >= 15 is 0 Å². The molecule has 1 amide bonds. The minimum Gasteiger partial charge on any atom is -0.322 e. The molecule has 0 atom stereocenters. The fourth-order valence-corrected chi connectivity index (χ4v) is 5.96. The predicted octanol–water partition coefficient (Wildman–Crippen LogP) is 5.81. The molecule has 38 heavy (non-hydrogen) atoms. The summed E-state index contributed by atoms with van der Waals surface area (Å²) < 4.78 is 55.7. The molecule has 3 N–H and O–H groups in total. The molecule has 4 aromatic rings. The van der Waals surface area contributed by atoms with E-state index in [9.17, 15) is 21.6 Å². The highest BCUT2D eigenvalue weighted by Gasteiger charge is 2.18. The maximum absolute atomic E-state index is 12.8. The largest absolute Gasteiger partial charge is 0.322 e. The van der Waals surface area contributed by atoms with Crippen molar-refractivity contribution in [2.24, 2.45) is 0 Å². The molecule has 4 rings (SSSR count). The fourth-order valence-electron chi connectivity index (χ4n) is 3.51. The Hall–Kier alpha value is -3.86. The molecule has 0 aromatic heterocycles. The summed E-state index contributed by atoms with van der Waals surface area (Å²) in [5, 5.41) is 2.98. The topological polar surface area (TPSA) is 121 Å². The molecule has 8 nitrogen and oxygen atoms in total. The summed E-state index contributed by atoms with van der Waals surface area (Å²) in [7, 11) is -7.67. The number of rotatable bonds is 8. The van der Waals surface area contributed by atoms with Crippen molar-refractivity contribution in [1.82, 2.24) is 0 Å². The van der Waals surface area contributed by atoms with Crippen LogP contribution in [0.3, 0.4) is 0 Å². The second-order valence-corrected chi connectivity index (χ2v) is 12.3. The van der Waals surface area contributed by atoms with Crippen molar-refractivity contribution in [3.63, 3.8) is 0 Å². The molecule has 0 spiro atoms. The van der Waals surface area contributed by atoms with Crippen LogP contribution in [0.1, 0.15) is 21.5 Å². The zero-order chi connectivity index (χ0) is 27.5. The van der Waals surface area contributed by atoms with Gasteiger partial charge in [-0.15, -0.1) is 0 Å². The smallest absolute Gasteiger partial charge is 0.261 e. The lowest BCUT2D eigenvalue weighted by molar-refractivity contribution is 0.102. The Bertz CT molecular complexity index is 1700. The van der Waals surface area contributed by atoms with Crippen molar-refractivity contribution < 1.29 is 21.6 Å². The summed E-state index contributed by atoms with van der Waals surface area (Å²) in [6.07, 6.45) is 0. The lowest BCUT2D eigenvalue weighted by atomic mass is 10.1. The third kappa shape index (κ3) is 6.34. The average molecular weight is 570 g/mol. The van der Waals surface area contributed by atoms with Gasteiger partial charge in [0.25, 0.3) is 26.0 Å². The molecule has 0 aliphatic rings. The van der Waals surface area contributed by atoms with Crippen molar-refractivity contribution in [3.8, 4) is 0 Å². The van der Waals surface area contributed by atoms with Gasteiger partial charge in [0, 0.05) is 11.3 Å². The molecule has 11 heteroatoms.